The van der Waals surface area contributed by atoms with Crippen molar-refractivity contribution < 1.29 is 20.8 Å². The summed E-state index contributed by atoms with van der Waals surface area (Å²) < 4.78 is 15.2. The van der Waals surface area contributed by atoms with Crippen molar-refractivity contribution in [3.63, 3.8) is 0 Å². The molecule has 0 aromatic heterocycles. The number of carbonyl (C=O) groups excluding carboxylic acids is 1. The molecular weight excluding hydrogens is 522 g/mol. The van der Waals surface area contributed by atoms with E-state index in [2.05, 4.69) is 42.5 Å². The Morgan fingerprint density at radius 3 is 1.98 bits per heavy atom. The summed E-state index contributed by atoms with van der Waals surface area (Å²) in [6, 6.07) is 26.5. The number of hydrogen-bond donors (Lipinski definition) is 1. The monoisotopic (exact) mass is 568 g/mol. The van der Waals surface area contributed by atoms with E-state index in [1.54, 1.807) is 4.90 Å². The number of rotatable bonds is 13. The van der Waals surface area contributed by atoms with Crippen LogP contribution in [0, 0.1) is 0 Å². The van der Waals surface area contributed by atoms with E-state index in [4.69, 9.17) is 11.2 Å². The molecule has 0 aliphatic heterocycles. The number of fused-ring (bicyclic) bond motifs is 3. The number of carboxylic acids is 1. The number of nitrogens with zero attached hydrogens (tertiary/aromatic N) is 1. The van der Waals surface area contributed by atoms with Gasteiger partial charge in [-0.1, -0.05) is 60.7 Å². The van der Waals surface area contributed by atoms with Gasteiger partial charge in [0.25, 0.3) is 5.91 Å². The molecule has 1 amide bonds. The Bertz CT molecular complexity index is 1360. The van der Waals surface area contributed by atoms with Crippen molar-refractivity contribution in [3.05, 3.63) is 101 Å². The number of unbranched alkanes of at least 4 members (excludes halogenated alkanes) is 2. The van der Waals surface area contributed by atoms with Gasteiger partial charge in [-0.05, 0) is 112 Å². The molecule has 3 aliphatic carbocycles. The second-order valence-electron chi connectivity index (χ2n) is 12.5. The fourth-order valence-corrected chi connectivity index (χ4v) is 7.01. The summed E-state index contributed by atoms with van der Waals surface area (Å²) in [6.45, 7) is 3.41. The van der Waals surface area contributed by atoms with E-state index in [0.29, 0.717) is 35.3 Å². The van der Waals surface area contributed by atoms with Gasteiger partial charge in [0.15, 0.2) is 0 Å². The largest absolute Gasteiger partial charge is 0.493 e. The molecule has 3 fully saturated rings. The predicted molar refractivity (Wildman–Crippen MR) is 167 cm³/mol. The maximum absolute atomic E-state index is 13.9. The Labute approximate surface area is 252 Å². The molecule has 0 radical (unpaired) electrons. The zero-order valence-electron chi connectivity index (χ0n) is 26.1. The lowest BCUT2D eigenvalue weighted by Crippen LogP contribution is -2.46. The van der Waals surface area contributed by atoms with E-state index >= 15 is 0 Å². The number of amides is 1. The quantitative estimate of drug-likeness (QED) is 0.211. The number of ether oxygens (including phenoxy) is 1. The molecule has 6 rings (SSSR count). The summed E-state index contributed by atoms with van der Waals surface area (Å²) in [5.41, 5.74) is 4.60. The van der Waals surface area contributed by atoms with E-state index in [0.717, 1.165) is 12.8 Å². The maximum Gasteiger partial charge on any atom is 0.303 e. The molecule has 1 atom stereocenters. The van der Waals surface area contributed by atoms with Gasteiger partial charge in [0.1, 0.15) is 5.75 Å². The average Bonchev–Trinajstić information content (AvgIpc) is 3.04. The minimum atomic E-state index is -0.920. The topological polar surface area (TPSA) is 66.8 Å². The summed E-state index contributed by atoms with van der Waals surface area (Å²) in [5, 5.41) is 8.83. The van der Waals surface area contributed by atoms with Crippen LogP contribution in [0.5, 0.6) is 5.75 Å². The van der Waals surface area contributed by atoms with Crippen molar-refractivity contribution in [1.82, 2.24) is 4.90 Å². The van der Waals surface area contributed by atoms with Crippen LogP contribution < -0.4 is 4.74 Å². The van der Waals surface area contributed by atoms with Gasteiger partial charge in [0.2, 0.25) is 0 Å². The number of benzene rings is 3. The van der Waals surface area contributed by atoms with Gasteiger partial charge in [0, 0.05) is 30.1 Å². The molecule has 5 heteroatoms. The lowest BCUT2D eigenvalue weighted by molar-refractivity contribution is -0.137. The first-order chi connectivity index (χ1) is 20.7. The molecule has 42 heavy (non-hydrogen) atoms. The van der Waals surface area contributed by atoms with Crippen molar-refractivity contribution in [2.75, 3.05) is 6.61 Å². The van der Waals surface area contributed by atoms with Crippen LogP contribution in [0.25, 0.3) is 0 Å². The van der Waals surface area contributed by atoms with E-state index in [1.165, 1.54) is 49.7 Å². The van der Waals surface area contributed by atoms with Crippen LogP contribution in [-0.4, -0.2) is 34.5 Å². The highest BCUT2D eigenvalue weighted by molar-refractivity contribution is 5.94. The molecule has 2 bridgehead atoms. The third-order valence-corrected chi connectivity index (χ3v) is 9.66. The van der Waals surface area contributed by atoms with Crippen LogP contribution in [0.2, 0.25) is 0 Å². The maximum atomic E-state index is 13.9. The fourth-order valence-electron chi connectivity index (χ4n) is 7.01. The standard InChI is InChI=1S/C37H45NO4/c1-28(2)38(27-30-11-8-9-14-33(30)42-26-10-4-7-15-34(39)40)35(41)29-16-18-32(19-17-29)37-23-20-36(21-24-37,22-25-37)31-12-5-3-6-13-31/h3,5-6,8-9,11-14,16-19,28H,4,7,10,15,20-27H2,1-2H3,(H,39,40)/i27D. The van der Waals surface area contributed by atoms with Crippen molar-refractivity contribution in [1.29, 1.82) is 0 Å². The Hall–Kier alpha value is -3.60. The predicted octanol–water partition coefficient (Wildman–Crippen LogP) is 8.30. The Morgan fingerprint density at radius 2 is 1.38 bits per heavy atom. The average molecular weight is 569 g/mol. The first-order valence-corrected chi connectivity index (χ1v) is 15.6. The molecule has 0 heterocycles. The van der Waals surface area contributed by atoms with Crippen LogP contribution in [0.3, 0.4) is 0 Å². The van der Waals surface area contributed by atoms with Crippen LogP contribution in [-0.2, 0) is 22.1 Å². The summed E-state index contributed by atoms with van der Waals surface area (Å²) in [7, 11) is 0. The molecule has 3 aliphatic rings. The zero-order valence-corrected chi connectivity index (χ0v) is 25.1. The van der Waals surface area contributed by atoms with Crippen LogP contribution >= 0.6 is 0 Å². The molecule has 3 aromatic carbocycles. The highest BCUT2D eigenvalue weighted by Crippen LogP contribution is 2.58. The van der Waals surface area contributed by atoms with E-state index in [9.17, 15) is 9.59 Å². The summed E-state index contributed by atoms with van der Waals surface area (Å²) >= 11 is 0. The summed E-state index contributed by atoms with van der Waals surface area (Å²) in [5.74, 6) is -0.346. The van der Waals surface area contributed by atoms with E-state index in [1.807, 2.05) is 50.2 Å². The second kappa shape index (κ2) is 13.1. The van der Waals surface area contributed by atoms with Crippen LogP contribution in [0.4, 0.5) is 0 Å². The van der Waals surface area contributed by atoms with E-state index < -0.39 is 12.5 Å². The van der Waals surface area contributed by atoms with Gasteiger partial charge in [-0.15, -0.1) is 0 Å². The second-order valence-corrected chi connectivity index (χ2v) is 12.5. The normalized spacial score (nSPS) is 22.4. The lowest BCUT2D eigenvalue weighted by Gasteiger charge is -2.54. The molecule has 3 saturated carbocycles. The highest BCUT2D eigenvalue weighted by atomic mass is 16.5. The number of hydrogen-bond acceptors (Lipinski definition) is 3. The Morgan fingerprint density at radius 1 is 0.810 bits per heavy atom. The number of carbonyl (C=O) groups is 2. The van der Waals surface area contributed by atoms with Gasteiger partial charge < -0.3 is 14.7 Å². The fraction of sp³-hybridized carbons (Fsp3) is 0.459. The molecular formula is C37H45NO4. The van der Waals surface area contributed by atoms with Gasteiger partial charge in [-0.3, -0.25) is 9.59 Å². The number of aliphatic carboxylic acids is 1. The van der Waals surface area contributed by atoms with Crippen LogP contribution in [0.15, 0.2) is 78.9 Å². The van der Waals surface area contributed by atoms with Gasteiger partial charge in [-0.25, -0.2) is 0 Å². The van der Waals surface area contributed by atoms with Crippen molar-refractivity contribution >= 4 is 11.9 Å². The minimum absolute atomic E-state index is 0.155. The molecule has 1 N–H and O–H groups in total. The molecule has 0 saturated heterocycles. The third-order valence-electron chi connectivity index (χ3n) is 9.66. The van der Waals surface area contributed by atoms with Gasteiger partial charge in [-0.2, -0.15) is 0 Å². The van der Waals surface area contributed by atoms with Crippen LogP contribution in [0.1, 0.15) is 106 Å². The number of carboxylic acid groups (broad SMARTS) is 1. The van der Waals surface area contributed by atoms with Crippen molar-refractivity contribution in [2.24, 2.45) is 0 Å². The first-order valence-electron chi connectivity index (χ1n) is 16.2. The Kier molecular flexibility index (Phi) is 8.92. The Balaban J connectivity index is 1.25. The van der Waals surface area contributed by atoms with Crippen molar-refractivity contribution in [2.45, 2.75) is 101 Å². The molecule has 5 nitrogen and oxygen atoms in total. The van der Waals surface area contributed by atoms with Crippen molar-refractivity contribution in [3.8, 4) is 5.75 Å². The molecule has 222 valence electrons. The summed E-state index contributed by atoms with van der Waals surface area (Å²) in [4.78, 5) is 26.2. The third kappa shape index (κ3) is 6.56. The summed E-state index contributed by atoms with van der Waals surface area (Å²) in [6.07, 6.45) is 9.45. The van der Waals surface area contributed by atoms with Gasteiger partial charge >= 0.3 is 5.97 Å². The highest BCUT2D eigenvalue weighted by Gasteiger charge is 2.49. The smallest absolute Gasteiger partial charge is 0.303 e. The molecule has 0 spiro atoms. The van der Waals surface area contributed by atoms with Gasteiger partial charge in [0.05, 0.1) is 7.98 Å². The SMILES string of the molecule is [2H]C(c1ccccc1OCCCCCC(=O)O)N(C(=O)c1ccc(C23CCC(c4ccccc4)(CC2)CC3)cc1)C(C)C. The lowest BCUT2D eigenvalue weighted by atomic mass is 9.50. The first kappa shape index (κ1) is 28.5. The molecule has 3 aromatic rings. The van der Waals surface area contributed by atoms with E-state index in [-0.39, 0.29) is 23.8 Å². The number of para-hydroxylation sites is 1. The molecule has 1 unspecified atom stereocenters. The minimum Gasteiger partial charge on any atom is -0.493 e. The zero-order chi connectivity index (χ0) is 30.5.